The van der Waals surface area contributed by atoms with Crippen LogP contribution in [0, 0.1) is 10.1 Å². The molecule has 0 radical (unpaired) electrons. The predicted molar refractivity (Wildman–Crippen MR) is 130 cm³/mol. The zero-order valence-electron chi connectivity index (χ0n) is 17.8. The molecule has 1 unspecified atom stereocenters. The van der Waals surface area contributed by atoms with Gasteiger partial charge in [0, 0.05) is 30.3 Å². The normalized spacial score (nSPS) is 11.6. The fourth-order valence-electron chi connectivity index (χ4n) is 2.94. The van der Waals surface area contributed by atoms with Gasteiger partial charge in [0.05, 0.1) is 15.1 Å². The largest absolute Gasteiger partial charge is 0.340 e. The third-order valence-electron chi connectivity index (χ3n) is 4.49. The van der Waals surface area contributed by atoms with E-state index in [9.17, 15) is 24.5 Å². The molecule has 3 amide bonds. The van der Waals surface area contributed by atoms with Crippen molar-refractivity contribution in [3.05, 3.63) is 58.1 Å². The summed E-state index contributed by atoms with van der Waals surface area (Å²) in [5, 5.41) is 19.5. The molecule has 172 valence electrons. The lowest BCUT2D eigenvalue weighted by molar-refractivity contribution is -0.384. The van der Waals surface area contributed by atoms with Gasteiger partial charge in [-0.1, -0.05) is 17.4 Å². The highest BCUT2D eigenvalue weighted by Gasteiger charge is 2.22. The van der Waals surface area contributed by atoms with Gasteiger partial charge in [0.1, 0.15) is 6.04 Å². The molecule has 0 saturated carbocycles. The number of benzene rings is 2. The molecule has 0 fully saturated rings. The number of hydrogen-bond acceptors (Lipinski definition) is 8. The zero-order valence-corrected chi connectivity index (χ0v) is 19.4. The standard InChI is InChI=1S/C21H21N5O5S2/c1-12(27)22-21-25-16-7-6-14(11-18(16)33-21)23-20(29)17(8-9-32-2)24-19(28)13-4-3-5-15(10-13)26(30)31/h3-7,10-11,17H,8-9H2,1-2H3,(H,23,29)(H,24,28)(H,22,25,27). The Morgan fingerprint density at radius 3 is 2.67 bits per heavy atom. The van der Waals surface area contributed by atoms with Crippen LogP contribution in [-0.4, -0.2) is 45.7 Å². The Balaban J connectivity index is 1.74. The number of rotatable bonds is 9. The summed E-state index contributed by atoms with van der Waals surface area (Å²) in [6, 6.07) is 9.66. The van der Waals surface area contributed by atoms with Gasteiger partial charge in [-0.2, -0.15) is 11.8 Å². The maximum Gasteiger partial charge on any atom is 0.270 e. The average molecular weight is 488 g/mol. The Bertz CT molecular complexity index is 1210. The van der Waals surface area contributed by atoms with E-state index in [-0.39, 0.29) is 17.2 Å². The van der Waals surface area contributed by atoms with Crippen LogP contribution in [0.4, 0.5) is 16.5 Å². The molecular formula is C21H21N5O5S2. The summed E-state index contributed by atoms with van der Waals surface area (Å²) in [6.07, 6.45) is 2.27. The highest BCUT2D eigenvalue weighted by Crippen LogP contribution is 2.28. The van der Waals surface area contributed by atoms with Gasteiger partial charge in [0.25, 0.3) is 11.6 Å². The van der Waals surface area contributed by atoms with E-state index >= 15 is 0 Å². The number of thiazole rings is 1. The van der Waals surface area contributed by atoms with E-state index in [0.29, 0.717) is 28.5 Å². The van der Waals surface area contributed by atoms with E-state index in [0.717, 1.165) is 4.70 Å². The van der Waals surface area contributed by atoms with Crippen molar-refractivity contribution >= 4 is 67.5 Å². The first-order valence-corrected chi connectivity index (χ1v) is 12.0. The molecule has 33 heavy (non-hydrogen) atoms. The van der Waals surface area contributed by atoms with E-state index < -0.39 is 22.8 Å². The monoisotopic (exact) mass is 487 g/mol. The molecule has 10 nitrogen and oxygen atoms in total. The lowest BCUT2D eigenvalue weighted by atomic mass is 10.1. The number of nitro groups is 1. The van der Waals surface area contributed by atoms with Crippen LogP contribution in [0.2, 0.25) is 0 Å². The lowest BCUT2D eigenvalue weighted by Gasteiger charge is -2.18. The van der Waals surface area contributed by atoms with Crippen LogP contribution in [-0.2, 0) is 9.59 Å². The molecule has 1 aromatic heterocycles. The zero-order chi connectivity index (χ0) is 24.0. The van der Waals surface area contributed by atoms with Crippen molar-refractivity contribution in [3.63, 3.8) is 0 Å². The number of anilines is 2. The first-order chi connectivity index (χ1) is 15.8. The molecule has 1 atom stereocenters. The first-order valence-electron chi connectivity index (χ1n) is 9.80. The number of amides is 3. The summed E-state index contributed by atoms with van der Waals surface area (Å²) >= 11 is 2.81. The van der Waals surface area contributed by atoms with Crippen LogP contribution in [0.5, 0.6) is 0 Å². The number of nitrogens with zero attached hydrogens (tertiary/aromatic N) is 2. The van der Waals surface area contributed by atoms with Crippen molar-refractivity contribution in [1.82, 2.24) is 10.3 Å². The number of non-ortho nitro benzene ring substituents is 1. The van der Waals surface area contributed by atoms with Crippen LogP contribution in [0.15, 0.2) is 42.5 Å². The molecule has 0 aliphatic rings. The van der Waals surface area contributed by atoms with Gasteiger partial charge in [-0.15, -0.1) is 0 Å². The molecule has 3 N–H and O–H groups in total. The maximum absolute atomic E-state index is 12.9. The summed E-state index contributed by atoms with van der Waals surface area (Å²) in [5.41, 5.74) is 1.09. The number of nitrogens with one attached hydrogen (secondary N) is 3. The number of aromatic nitrogens is 1. The van der Waals surface area contributed by atoms with Gasteiger partial charge >= 0.3 is 0 Å². The van der Waals surface area contributed by atoms with Crippen molar-refractivity contribution in [2.24, 2.45) is 0 Å². The maximum atomic E-state index is 12.9. The van der Waals surface area contributed by atoms with Gasteiger partial charge in [0.2, 0.25) is 11.8 Å². The van der Waals surface area contributed by atoms with Gasteiger partial charge < -0.3 is 16.0 Å². The van der Waals surface area contributed by atoms with E-state index in [2.05, 4.69) is 20.9 Å². The summed E-state index contributed by atoms with van der Waals surface area (Å²) in [7, 11) is 0. The van der Waals surface area contributed by atoms with Gasteiger partial charge in [0.15, 0.2) is 5.13 Å². The smallest absolute Gasteiger partial charge is 0.270 e. The quantitative estimate of drug-likeness (QED) is 0.309. The summed E-state index contributed by atoms with van der Waals surface area (Å²) < 4.78 is 0.776. The Morgan fingerprint density at radius 1 is 1.18 bits per heavy atom. The van der Waals surface area contributed by atoms with Crippen LogP contribution in [0.1, 0.15) is 23.7 Å². The van der Waals surface area contributed by atoms with Gasteiger partial charge in [-0.25, -0.2) is 4.98 Å². The van der Waals surface area contributed by atoms with E-state index in [1.807, 2.05) is 6.26 Å². The Hall–Kier alpha value is -3.51. The van der Waals surface area contributed by atoms with Gasteiger partial charge in [-0.05, 0) is 42.7 Å². The lowest BCUT2D eigenvalue weighted by Crippen LogP contribution is -2.44. The van der Waals surface area contributed by atoms with Crippen molar-refractivity contribution in [2.75, 3.05) is 22.6 Å². The highest BCUT2D eigenvalue weighted by atomic mass is 32.2. The van der Waals surface area contributed by atoms with Crippen molar-refractivity contribution in [1.29, 1.82) is 0 Å². The summed E-state index contributed by atoms with van der Waals surface area (Å²) in [4.78, 5) is 51.5. The van der Waals surface area contributed by atoms with Crippen LogP contribution in [0.25, 0.3) is 10.2 Å². The number of carbonyl (C=O) groups is 3. The SMILES string of the molecule is CSCCC(NC(=O)c1cccc([N+](=O)[O-])c1)C(=O)Nc1ccc2nc(NC(C)=O)sc2c1. The molecule has 0 spiro atoms. The Kier molecular flexibility index (Phi) is 7.96. The fourth-order valence-corrected chi connectivity index (χ4v) is 4.37. The molecular weight excluding hydrogens is 466 g/mol. The number of carbonyl (C=O) groups excluding carboxylic acids is 3. The summed E-state index contributed by atoms with van der Waals surface area (Å²) in [5.74, 6) is -0.577. The number of fused-ring (bicyclic) bond motifs is 1. The summed E-state index contributed by atoms with van der Waals surface area (Å²) in [6.45, 7) is 1.40. The minimum atomic E-state index is -0.837. The second-order valence-corrected chi connectivity index (χ2v) is 9.00. The third kappa shape index (κ3) is 6.49. The van der Waals surface area contributed by atoms with Crippen LogP contribution < -0.4 is 16.0 Å². The topological polar surface area (TPSA) is 143 Å². The van der Waals surface area contributed by atoms with Crippen molar-refractivity contribution in [2.45, 2.75) is 19.4 Å². The minimum absolute atomic E-state index is 0.0998. The number of thioether (sulfide) groups is 1. The number of hydrogen-bond donors (Lipinski definition) is 3. The van der Waals surface area contributed by atoms with Gasteiger partial charge in [-0.3, -0.25) is 24.5 Å². The average Bonchev–Trinajstić information content (AvgIpc) is 3.17. The van der Waals surface area contributed by atoms with E-state index in [1.165, 1.54) is 54.3 Å². The second kappa shape index (κ2) is 10.9. The first kappa shape index (κ1) is 24.1. The molecule has 2 aromatic carbocycles. The molecule has 1 heterocycles. The second-order valence-electron chi connectivity index (χ2n) is 6.99. The van der Waals surface area contributed by atoms with E-state index in [1.54, 1.807) is 18.2 Å². The molecule has 0 saturated heterocycles. The van der Waals surface area contributed by atoms with Crippen molar-refractivity contribution in [3.8, 4) is 0 Å². The Morgan fingerprint density at radius 2 is 1.97 bits per heavy atom. The molecule has 0 aliphatic heterocycles. The van der Waals surface area contributed by atoms with E-state index in [4.69, 9.17) is 0 Å². The van der Waals surface area contributed by atoms with Crippen molar-refractivity contribution < 1.29 is 19.3 Å². The minimum Gasteiger partial charge on any atom is -0.340 e. The van der Waals surface area contributed by atoms with Crippen LogP contribution >= 0.6 is 23.1 Å². The Labute approximate surface area is 197 Å². The molecule has 3 rings (SSSR count). The van der Waals surface area contributed by atoms with Crippen LogP contribution in [0.3, 0.4) is 0 Å². The number of nitro benzene ring substituents is 1. The third-order valence-corrected chi connectivity index (χ3v) is 6.07. The molecule has 12 heteroatoms. The highest BCUT2D eigenvalue weighted by molar-refractivity contribution is 7.98. The fraction of sp³-hybridized carbons (Fsp3) is 0.238. The molecule has 0 aliphatic carbocycles. The molecule has 3 aromatic rings. The predicted octanol–water partition coefficient (Wildman–Crippen LogP) is 3.65. The molecule has 0 bridgehead atoms.